The number of halogens is 2. The zero-order valence-electron chi connectivity index (χ0n) is 16.7. The molecule has 2 aromatic carbocycles. The molecular weight excluding hydrogens is 471 g/mol. The molecular formula is C18H22ClFN4O5S2. The quantitative estimate of drug-likeness (QED) is 0.561. The topological polar surface area (TPSA) is 122 Å². The van der Waals surface area contributed by atoms with E-state index in [0.717, 1.165) is 33.1 Å². The minimum absolute atomic E-state index is 0.129. The van der Waals surface area contributed by atoms with Crippen LogP contribution in [0.1, 0.15) is 0 Å². The van der Waals surface area contributed by atoms with Crippen molar-refractivity contribution in [1.82, 2.24) is 9.62 Å². The molecule has 0 saturated carbocycles. The summed E-state index contributed by atoms with van der Waals surface area (Å²) in [5, 5.41) is 2.68. The Labute approximate surface area is 185 Å². The Hall–Kier alpha value is -2.12. The van der Waals surface area contributed by atoms with Crippen LogP contribution in [0.25, 0.3) is 0 Å². The number of ether oxygens (including phenoxy) is 1. The van der Waals surface area contributed by atoms with Crippen LogP contribution < -0.4 is 20.1 Å². The molecule has 0 fully saturated rings. The van der Waals surface area contributed by atoms with Gasteiger partial charge in [-0.05, 0) is 36.4 Å². The van der Waals surface area contributed by atoms with Crippen LogP contribution in [0.15, 0.2) is 41.3 Å². The number of rotatable bonds is 7. The number of benzene rings is 2. The molecule has 3 N–H and O–H groups in total. The first-order chi connectivity index (χ1) is 14.4. The maximum Gasteiger partial charge on any atom is 0.264 e. The highest BCUT2D eigenvalue weighted by Gasteiger charge is 2.35. The predicted molar refractivity (Wildman–Crippen MR) is 117 cm³/mol. The molecule has 1 aliphatic heterocycles. The number of nitrogen functional groups attached to an aromatic ring is 1. The first-order valence-corrected chi connectivity index (χ1v) is 12.7. The number of hydrogen-bond acceptors (Lipinski definition) is 7. The van der Waals surface area contributed by atoms with Crippen LogP contribution in [0.3, 0.4) is 0 Å². The summed E-state index contributed by atoms with van der Waals surface area (Å²) in [5.74, 6) is -0.465. The van der Waals surface area contributed by atoms with Gasteiger partial charge in [0.25, 0.3) is 10.0 Å². The third kappa shape index (κ3) is 5.21. The lowest BCUT2D eigenvalue weighted by Gasteiger charge is -2.36. The molecule has 0 aromatic heterocycles. The van der Waals surface area contributed by atoms with Gasteiger partial charge in [-0.1, -0.05) is 11.6 Å². The van der Waals surface area contributed by atoms with Gasteiger partial charge in [0.2, 0.25) is 10.0 Å². The molecule has 0 aliphatic carbocycles. The number of hydrogen-bond donors (Lipinski definition) is 2. The summed E-state index contributed by atoms with van der Waals surface area (Å²) < 4.78 is 71.3. The molecule has 1 heterocycles. The van der Waals surface area contributed by atoms with Gasteiger partial charge in [-0.3, -0.25) is 9.62 Å². The first-order valence-electron chi connectivity index (χ1n) is 9.08. The average molecular weight is 493 g/mol. The van der Waals surface area contributed by atoms with Gasteiger partial charge >= 0.3 is 0 Å². The highest BCUT2D eigenvalue weighted by atomic mass is 35.5. The molecule has 3 rings (SSSR count). The molecule has 31 heavy (non-hydrogen) atoms. The smallest absolute Gasteiger partial charge is 0.264 e. The number of nitrogens with zero attached hydrogens (tertiary/aromatic N) is 2. The van der Waals surface area contributed by atoms with Crippen molar-refractivity contribution in [1.29, 1.82) is 0 Å². The van der Waals surface area contributed by atoms with Gasteiger partial charge in [0.15, 0.2) is 6.23 Å². The van der Waals surface area contributed by atoms with E-state index in [0.29, 0.717) is 5.69 Å². The number of sulfonamides is 2. The van der Waals surface area contributed by atoms with Crippen molar-refractivity contribution in [3.8, 4) is 5.75 Å². The van der Waals surface area contributed by atoms with E-state index in [9.17, 15) is 21.2 Å². The Morgan fingerprint density at radius 1 is 1.26 bits per heavy atom. The third-order valence-corrected chi connectivity index (χ3v) is 8.08. The molecule has 2 aromatic rings. The van der Waals surface area contributed by atoms with Crippen molar-refractivity contribution in [2.75, 3.05) is 43.0 Å². The Kier molecular flexibility index (Phi) is 6.67. The van der Waals surface area contributed by atoms with Crippen LogP contribution in [0, 0.1) is 5.82 Å². The zero-order valence-corrected chi connectivity index (χ0v) is 19.1. The number of nitrogens with two attached hydrogens (primary N) is 1. The Morgan fingerprint density at radius 3 is 2.61 bits per heavy atom. The van der Waals surface area contributed by atoms with Crippen LogP contribution in [0.5, 0.6) is 5.75 Å². The maximum atomic E-state index is 13.5. The van der Waals surface area contributed by atoms with Gasteiger partial charge in [0.05, 0.1) is 28.4 Å². The molecule has 0 radical (unpaired) electrons. The summed E-state index contributed by atoms with van der Waals surface area (Å²) in [6.07, 6.45) is 0.321. The van der Waals surface area contributed by atoms with Crippen LogP contribution in [-0.4, -0.2) is 60.3 Å². The highest BCUT2D eigenvalue weighted by molar-refractivity contribution is 7.92. The van der Waals surface area contributed by atoms with Gasteiger partial charge < -0.3 is 10.5 Å². The van der Waals surface area contributed by atoms with Gasteiger partial charge in [-0.25, -0.2) is 25.5 Å². The average Bonchev–Trinajstić information content (AvgIpc) is 2.68. The number of likely N-dealkylation sites (N-methyl/N-ethyl adjacent to an activating group) is 1. The van der Waals surface area contributed by atoms with E-state index in [-0.39, 0.29) is 41.0 Å². The minimum Gasteiger partial charge on any atom is -0.471 e. The van der Waals surface area contributed by atoms with E-state index >= 15 is 0 Å². The van der Waals surface area contributed by atoms with Gasteiger partial charge in [-0.15, -0.1) is 0 Å². The first kappa shape index (κ1) is 23.5. The fourth-order valence-corrected chi connectivity index (χ4v) is 5.08. The van der Waals surface area contributed by atoms with Crippen LogP contribution in [-0.2, 0) is 20.0 Å². The molecule has 13 heteroatoms. The molecule has 170 valence electrons. The van der Waals surface area contributed by atoms with E-state index in [1.165, 1.54) is 13.1 Å². The second-order valence-corrected chi connectivity index (χ2v) is 11.3. The minimum atomic E-state index is -4.13. The van der Waals surface area contributed by atoms with Crippen molar-refractivity contribution in [2.24, 2.45) is 0 Å². The van der Waals surface area contributed by atoms with Crippen LogP contribution in [0.2, 0.25) is 5.02 Å². The van der Waals surface area contributed by atoms with Crippen molar-refractivity contribution >= 4 is 43.0 Å². The SMILES string of the molecule is CN(CCN[C@H]1CN(S(=O)(=O)c2ccc(F)c(Cl)c2)c2cc(N)ccc2O1)S(C)(=O)=O. The molecule has 0 bridgehead atoms. The Balaban J connectivity index is 1.89. The number of anilines is 2. The highest BCUT2D eigenvalue weighted by Crippen LogP contribution is 2.38. The lowest BCUT2D eigenvalue weighted by atomic mass is 10.2. The van der Waals surface area contributed by atoms with Crippen molar-refractivity contribution in [3.05, 3.63) is 47.2 Å². The van der Waals surface area contributed by atoms with Crippen molar-refractivity contribution in [2.45, 2.75) is 11.1 Å². The van der Waals surface area contributed by atoms with Gasteiger partial charge in [0.1, 0.15) is 11.6 Å². The standard InChI is InChI=1S/C18H22ClFN4O5S2/c1-23(30(2,25)26)8-7-22-18-11-24(16-9-12(21)3-6-17(16)29-18)31(27,28)13-4-5-15(20)14(19)10-13/h3-6,9-10,18,22H,7-8,11,21H2,1-2H3/t18-/m1/s1. The predicted octanol–water partition coefficient (Wildman–Crippen LogP) is 1.46. The van der Waals surface area contributed by atoms with E-state index in [1.54, 1.807) is 12.1 Å². The van der Waals surface area contributed by atoms with E-state index in [2.05, 4.69) is 5.32 Å². The number of fused-ring (bicyclic) bond motifs is 1. The molecule has 9 nitrogen and oxygen atoms in total. The molecule has 0 unspecified atom stereocenters. The summed E-state index contributed by atoms with van der Waals surface area (Å²) in [6, 6.07) is 7.72. The van der Waals surface area contributed by atoms with Crippen LogP contribution >= 0.6 is 11.6 Å². The Morgan fingerprint density at radius 2 is 1.97 bits per heavy atom. The van der Waals surface area contributed by atoms with Crippen molar-refractivity contribution in [3.63, 3.8) is 0 Å². The molecule has 1 aliphatic rings. The zero-order chi connectivity index (χ0) is 23.0. The largest absolute Gasteiger partial charge is 0.471 e. The normalized spacial score (nSPS) is 16.8. The summed E-state index contributed by atoms with van der Waals surface area (Å²) in [7, 11) is -6.04. The van der Waals surface area contributed by atoms with E-state index in [1.807, 2.05) is 0 Å². The molecule has 1 atom stereocenters. The molecule has 0 spiro atoms. The second-order valence-electron chi connectivity index (χ2n) is 6.98. The molecule has 0 amide bonds. The summed E-state index contributed by atoms with van der Waals surface area (Å²) >= 11 is 5.78. The lowest BCUT2D eigenvalue weighted by molar-refractivity contribution is 0.161. The fraction of sp³-hybridized carbons (Fsp3) is 0.333. The van der Waals surface area contributed by atoms with Crippen LogP contribution in [0.4, 0.5) is 15.8 Å². The lowest BCUT2D eigenvalue weighted by Crippen LogP contribution is -2.51. The maximum absolute atomic E-state index is 13.5. The monoisotopic (exact) mass is 492 g/mol. The summed E-state index contributed by atoms with van der Waals surface area (Å²) in [4.78, 5) is -0.190. The fourth-order valence-electron chi connectivity index (χ4n) is 2.92. The van der Waals surface area contributed by atoms with Gasteiger partial charge in [0, 0.05) is 25.8 Å². The van der Waals surface area contributed by atoms with Crippen molar-refractivity contribution < 1.29 is 26.0 Å². The number of nitrogens with one attached hydrogen (secondary N) is 1. The van der Waals surface area contributed by atoms with Gasteiger partial charge in [-0.2, -0.15) is 0 Å². The Bertz CT molecular complexity index is 1190. The van der Waals surface area contributed by atoms with E-state index in [4.69, 9.17) is 22.1 Å². The van der Waals surface area contributed by atoms with E-state index < -0.39 is 32.1 Å². The summed E-state index contributed by atoms with van der Waals surface area (Å²) in [5.41, 5.74) is 6.40. The second kappa shape index (κ2) is 8.79. The summed E-state index contributed by atoms with van der Waals surface area (Å²) in [6.45, 7) is 0.249. The third-order valence-electron chi connectivity index (χ3n) is 4.70. The molecule has 0 saturated heterocycles.